The van der Waals surface area contributed by atoms with Gasteiger partial charge in [0.05, 0.1) is 5.02 Å². The second-order valence-corrected chi connectivity index (χ2v) is 3.88. The summed E-state index contributed by atoms with van der Waals surface area (Å²) in [5.74, 6) is 0. The molecule has 3 heteroatoms. The Labute approximate surface area is 89.5 Å². The summed E-state index contributed by atoms with van der Waals surface area (Å²) in [6, 6.07) is 3.15. The van der Waals surface area contributed by atoms with Crippen LogP contribution in [0.4, 0.5) is 0 Å². The van der Waals surface area contributed by atoms with Crippen molar-refractivity contribution in [2.45, 2.75) is 39.2 Å². The standard InChI is InChI=1S/C11H16ClNO/c1-2-3-4-5-8-13-9-10(12)6-7-11(13)14/h6-7,9H,2-5,8H2,1H3. The summed E-state index contributed by atoms with van der Waals surface area (Å²) >= 11 is 5.80. The Morgan fingerprint density at radius 3 is 2.79 bits per heavy atom. The highest BCUT2D eigenvalue weighted by atomic mass is 35.5. The van der Waals surface area contributed by atoms with Crippen molar-refractivity contribution in [3.63, 3.8) is 0 Å². The third-order valence-electron chi connectivity index (χ3n) is 2.20. The van der Waals surface area contributed by atoms with Crippen LogP contribution < -0.4 is 5.56 Å². The summed E-state index contributed by atoms with van der Waals surface area (Å²) in [4.78, 5) is 11.3. The molecule has 0 amide bonds. The third-order valence-corrected chi connectivity index (χ3v) is 2.42. The molecular weight excluding hydrogens is 198 g/mol. The summed E-state index contributed by atoms with van der Waals surface area (Å²) < 4.78 is 1.68. The molecule has 1 heterocycles. The Bertz CT molecular complexity index is 332. The molecule has 0 bridgehead atoms. The molecular formula is C11H16ClNO. The van der Waals surface area contributed by atoms with Crippen LogP contribution in [0.25, 0.3) is 0 Å². The van der Waals surface area contributed by atoms with E-state index in [0.717, 1.165) is 13.0 Å². The van der Waals surface area contributed by atoms with Gasteiger partial charge in [-0.15, -0.1) is 0 Å². The molecule has 0 aliphatic heterocycles. The minimum absolute atomic E-state index is 0.0332. The molecule has 2 nitrogen and oxygen atoms in total. The molecule has 14 heavy (non-hydrogen) atoms. The van der Waals surface area contributed by atoms with Crippen molar-refractivity contribution < 1.29 is 0 Å². The molecule has 0 fully saturated rings. The van der Waals surface area contributed by atoms with Crippen LogP contribution in [0.3, 0.4) is 0 Å². The lowest BCUT2D eigenvalue weighted by Crippen LogP contribution is -2.18. The summed E-state index contributed by atoms with van der Waals surface area (Å²) in [6.07, 6.45) is 6.37. The highest BCUT2D eigenvalue weighted by Crippen LogP contribution is 2.05. The Morgan fingerprint density at radius 1 is 1.29 bits per heavy atom. The van der Waals surface area contributed by atoms with Gasteiger partial charge < -0.3 is 4.57 Å². The zero-order chi connectivity index (χ0) is 10.4. The van der Waals surface area contributed by atoms with Gasteiger partial charge in [-0.25, -0.2) is 0 Å². The average Bonchev–Trinajstić information content (AvgIpc) is 2.18. The maximum absolute atomic E-state index is 11.3. The van der Waals surface area contributed by atoms with Gasteiger partial charge in [-0.2, -0.15) is 0 Å². The number of halogens is 1. The largest absolute Gasteiger partial charge is 0.314 e. The molecule has 0 aromatic carbocycles. The highest BCUT2D eigenvalue weighted by molar-refractivity contribution is 6.30. The second kappa shape index (κ2) is 5.86. The van der Waals surface area contributed by atoms with Gasteiger partial charge >= 0.3 is 0 Å². The van der Waals surface area contributed by atoms with Crippen LogP contribution in [0.1, 0.15) is 32.6 Å². The van der Waals surface area contributed by atoms with E-state index in [1.165, 1.54) is 25.3 Å². The highest BCUT2D eigenvalue weighted by Gasteiger charge is 1.96. The number of aryl methyl sites for hydroxylation is 1. The first-order valence-electron chi connectivity index (χ1n) is 5.10. The lowest BCUT2D eigenvalue weighted by Gasteiger charge is -2.04. The fourth-order valence-corrected chi connectivity index (χ4v) is 1.57. The van der Waals surface area contributed by atoms with Gasteiger partial charge in [0.15, 0.2) is 0 Å². The minimum atomic E-state index is 0.0332. The predicted octanol–water partition coefficient (Wildman–Crippen LogP) is 3.08. The van der Waals surface area contributed by atoms with Crippen LogP contribution in [0, 0.1) is 0 Å². The number of hydrogen-bond acceptors (Lipinski definition) is 1. The first-order valence-corrected chi connectivity index (χ1v) is 5.48. The van der Waals surface area contributed by atoms with Gasteiger partial charge in [-0.05, 0) is 12.5 Å². The second-order valence-electron chi connectivity index (χ2n) is 3.44. The molecule has 0 radical (unpaired) electrons. The fraction of sp³-hybridized carbons (Fsp3) is 0.545. The number of hydrogen-bond donors (Lipinski definition) is 0. The molecule has 0 aliphatic rings. The minimum Gasteiger partial charge on any atom is -0.314 e. The van der Waals surface area contributed by atoms with Gasteiger partial charge in [0.25, 0.3) is 5.56 Å². The van der Waals surface area contributed by atoms with E-state index in [0.29, 0.717) is 5.02 Å². The Balaban J connectivity index is 2.49. The summed E-state index contributed by atoms with van der Waals surface area (Å²) in [5.41, 5.74) is 0.0332. The average molecular weight is 214 g/mol. The molecule has 0 spiro atoms. The van der Waals surface area contributed by atoms with Gasteiger partial charge in [-0.3, -0.25) is 4.79 Å². The zero-order valence-electron chi connectivity index (χ0n) is 8.50. The van der Waals surface area contributed by atoms with Crippen LogP contribution in [-0.4, -0.2) is 4.57 Å². The van der Waals surface area contributed by atoms with Crippen LogP contribution in [0.2, 0.25) is 5.02 Å². The zero-order valence-corrected chi connectivity index (χ0v) is 9.26. The first-order chi connectivity index (χ1) is 6.74. The quantitative estimate of drug-likeness (QED) is 0.689. The van der Waals surface area contributed by atoms with E-state index in [-0.39, 0.29) is 5.56 Å². The van der Waals surface area contributed by atoms with E-state index in [2.05, 4.69) is 6.92 Å². The van der Waals surface area contributed by atoms with Gasteiger partial charge in [-0.1, -0.05) is 37.8 Å². The van der Waals surface area contributed by atoms with E-state index in [4.69, 9.17) is 11.6 Å². The maximum Gasteiger partial charge on any atom is 0.250 e. The monoisotopic (exact) mass is 213 g/mol. The molecule has 1 rings (SSSR count). The topological polar surface area (TPSA) is 22.0 Å². The molecule has 1 aromatic rings. The molecule has 0 unspecified atom stereocenters. The molecule has 0 N–H and O–H groups in total. The van der Waals surface area contributed by atoms with Crippen LogP contribution in [0.15, 0.2) is 23.1 Å². The lowest BCUT2D eigenvalue weighted by atomic mass is 10.2. The molecule has 0 aliphatic carbocycles. The third kappa shape index (κ3) is 3.54. The lowest BCUT2D eigenvalue weighted by molar-refractivity contribution is 0.570. The van der Waals surface area contributed by atoms with Gasteiger partial charge in [0.2, 0.25) is 0 Å². The van der Waals surface area contributed by atoms with Gasteiger partial charge in [0.1, 0.15) is 0 Å². The van der Waals surface area contributed by atoms with Crippen molar-refractivity contribution in [2.75, 3.05) is 0 Å². The van der Waals surface area contributed by atoms with E-state index in [9.17, 15) is 4.79 Å². The van der Waals surface area contributed by atoms with E-state index in [1.54, 1.807) is 16.8 Å². The fourth-order valence-electron chi connectivity index (χ4n) is 1.39. The van der Waals surface area contributed by atoms with E-state index in [1.807, 2.05) is 0 Å². The molecule has 0 atom stereocenters. The SMILES string of the molecule is CCCCCCn1cc(Cl)ccc1=O. The summed E-state index contributed by atoms with van der Waals surface area (Å²) in [5, 5.41) is 0.625. The Hall–Kier alpha value is -0.760. The van der Waals surface area contributed by atoms with E-state index < -0.39 is 0 Å². The Kier molecular flexibility index (Phi) is 4.74. The van der Waals surface area contributed by atoms with Crippen molar-refractivity contribution in [3.05, 3.63) is 33.7 Å². The van der Waals surface area contributed by atoms with E-state index >= 15 is 0 Å². The molecule has 0 saturated carbocycles. The van der Waals surface area contributed by atoms with Crippen molar-refractivity contribution in [1.29, 1.82) is 0 Å². The smallest absolute Gasteiger partial charge is 0.250 e. The Morgan fingerprint density at radius 2 is 2.07 bits per heavy atom. The number of pyridine rings is 1. The summed E-state index contributed by atoms with van der Waals surface area (Å²) in [6.45, 7) is 2.95. The normalized spacial score (nSPS) is 10.4. The van der Waals surface area contributed by atoms with Crippen molar-refractivity contribution in [1.82, 2.24) is 4.57 Å². The first kappa shape index (κ1) is 11.3. The van der Waals surface area contributed by atoms with Crippen LogP contribution in [0.5, 0.6) is 0 Å². The van der Waals surface area contributed by atoms with Crippen LogP contribution >= 0.6 is 11.6 Å². The number of unbranched alkanes of at least 4 members (excludes halogenated alkanes) is 3. The van der Waals surface area contributed by atoms with Crippen LogP contribution in [-0.2, 0) is 6.54 Å². The predicted molar refractivity (Wildman–Crippen MR) is 59.9 cm³/mol. The van der Waals surface area contributed by atoms with Crippen molar-refractivity contribution in [2.24, 2.45) is 0 Å². The molecule has 78 valence electrons. The summed E-state index contributed by atoms with van der Waals surface area (Å²) in [7, 11) is 0. The number of aromatic nitrogens is 1. The number of rotatable bonds is 5. The van der Waals surface area contributed by atoms with Crippen molar-refractivity contribution in [3.8, 4) is 0 Å². The number of nitrogens with zero attached hydrogens (tertiary/aromatic N) is 1. The van der Waals surface area contributed by atoms with Crippen molar-refractivity contribution >= 4 is 11.6 Å². The molecule has 1 aromatic heterocycles. The van der Waals surface area contributed by atoms with Gasteiger partial charge in [0, 0.05) is 18.8 Å². The maximum atomic E-state index is 11.3. The molecule has 0 saturated heterocycles.